The van der Waals surface area contributed by atoms with E-state index in [9.17, 15) is 0 Å². The topological polar surface area (TPSA) is 9.23 Å². The van der Waals surface area contributed by atoms with Gasteiger partial charge in [-0.1, -0.05) is 26.0 Å². The SMILES string of the molecule is [CH]=CCC(CCC)OC. The van der Waals surface area contributed by atoms with Crippen molar-refractivity contribution >= 4 is 0 Å². The van der Waals surface area contributed by atoms with Crippen molar-refractivity contribution in [3.8, 4) is 0 Å². The highest BCUT2D eigenvalue weighted by Gasteiger charge is 2.00. The lowest BCUT2D eigenvalue weighted by Gasteiger charge is -2.10. The van der Waals surface area contributed by atoms with E-state index >= 15 is 0 Å². The molecule has 1 atom stereocenters. The number of rotatable bonds is 5. The zero-order valence-electron chi connectivity index (χ0n) is 6.26. The minimum absolute atomic E-state index is 0.333. The van der Waals surface area contributed by atoms with Gasteiger partial charge < -0.3 is 4.74 Å². The van der Waals surface area contributed by atoms with Gasteiger partial charge in [0.05, 0.1) is 6.10 Å². The molecular weight excluding hydrogens is 112 g/mol. The first-order valence-corrected chi connectivity index (χ1v) is 3.41. The van der Waals surface area contributed by atoms with Gasteiger partial charge in [0.2, 0.25) is 0 Å². The molecule has 1 heteroatoms. The average Bonchev–Trinajstić information content (AvgIpc) is 1.88. The summed E-state index contributed by atoms with van der Waals surface area (Å²) in [4.78, 5) is 0. The van der Waals surface area contributed by atoms with Crippen LogP contribution in [0.15, 0.2) is 6.08 Å². The smallest absolute Gasteiger partial charge is 0.0605 e. The number of methoxy groups -OCH3 is 1. The van der Waals surface area contributed by atoms with Crippen LogP contribution in [0.2, 0.25) is 0 Å². The highest BCUT2D eigenvalue weighted by molar-refractivity contribution is 4.69. The summed E-state index contributed by atoms with van der Waals surface area (Å²) in [6.07, 6.45) is 5.12. The Hall–Kier alpha value is -0.300. The van der Waals surface area contributed by atoms with E-state index in [-0.39, 0.29) is 0 Å². The second kappa shape index (κ2) is 5.83. The van der Waals surface area contributed by atoms with Gasteiger partial charge in [0, 0.05) is 7.11 Å². The summed E-state index contributed by atoms with van der Waals surface area (Å²) >= 11 is 0. The van der Waals surface area contributed by atoms with Gasteiger partial charge in [-0.25, -0.2) is 0 Å². The Morgan fingerprint density at radius 3 is 2.67 bits per heavy atom. The second-order valence-electron chi connectivity index (χ2n) is 2.12. The molecule has 0 saturated carbocycles. The fourth-order valence-corrected chi connectivity index (χ4v) is 0.806. The third-order valence-corrected chi connectivity index (χ3v) is 1.34. The molecule has 0 aliphatic carbocycles. The van der Waals surface area contributed by atoms with Crippen molar-refractivity contribution in [1.82, 2.24) is 0 Å². The first-order chi connectivity index (χ1) is 4.35. The predicted molar refractivity (Wildman–Crippen MR) is 39.2 cm³/mol. The van der Waals surface area contributed by atoms with Crippen LogP contribution in [0.3, 0.4) is 0 Å². The lowest BCUT2D eigenvalue weighted by molar-refractivity contribution is 0.0971. The van der Waals surface area contributed by atoms with E-state index in [4.69, 9.17) is 11.3 Å². The molecule has 0 bridgehead atoms. The summed E-state index contributed by atoms with van der Waals surface area (Å²) in [5.74, 6) is 0. The molecule has 0 aromatic rings. The number of hydrogen-bond acceptors (Lipinski definition) is 1. The first kappa shape index (κ1) is 8.70. The summed E-state index contributed by atoms with van der Waals surface area (Å²) < 4.78 is 5.12. The highest BCUT2D eigenvalue weighted by Crippen LogP contribution is 2.04. The fraction of sp³-hybridized carbons (Fsp3) is 0.750. The van der Waals surface area contributed by atoms with Crippen molar-refractivity contribution in [3.05, 3.63) is 12.7 Å². The Morgan fingerprint density at radius 2 is 2.33 bits per heavy atom. The summed E-state index contributed by atoms with van der Waals surface area (Å²) in [6, 6.07) is 0. The van der Waals surface area contributed by atoms with Gasteiger partial charge in [0.25, 0.3) is 0 Å². The van der Waals surface area contributed by atoms with Gasteiger partial charge >= 0.3 is 0 Å². The highest BCUT2D eigenvalue weighted by atomic mass is 16.5. The van der Waals surface area contributed by atoms with Crippen molar-refractivity contribution in [2.75, 3.05) is 7.11 Å². The maximum Gasteiger partial charge on any atom is 0.0605 e. The Morgan fingerprint density at radius 1 is 1.67 bits per heavy atom. The van der Waals surface area contributed by atoms with Gasteiger partial charge in [-0.2, -0.15) is 0 Å². The fourth-order valence-electron chi connectivity index (χ4n) is 0.806. The molecule has 0 fully saturated rings. The Balaban J connectivity index is 3.28. The van der Waals surface area contributed by atoms with E-state index in [0.717, 1.165) is 19.3 Å². The molecule has 0 aromatic heterocycles. The Labute approximate surface area is 57.7 Å². The zero-order valence-corrected chi connectivity index (χ0v) is 6.26. The molecule has 0 rings (SSSR count). The minimum atomic E-state index is 0.333. The van der Waals surface area contributed by atoms with E-state index in [0.29, 0.717) is 6.10 Å². The molecule has 0 spiro atoms. The average molecular weight is 127 g/mol. The molecule has 0 aliphatic rings. The van der Waals surface area contributed by atoms with Gasteiger partial charge in [-0.3, -0.25) is 0 Å². The molecular formula is C8H15O. The van der Waals surface area contributed by atoms with Crippen LogP contribution in [0, 0.1) is 6.58 Å². The van der Waals surface area contributed by atoms with Gasteiger partial charge in [-0.15, -0.1) is 0 Å². The van der Waals surface area contributed by atoms with Crippen LogP contribution in [-0.4, -0.2) is 13.2 Å². The molecule has 0 aliphatic heterocycles. The third-order valence-electron chi connectivity index (χ3n) is 1.34. The van der Waals surface area contributed by atoms with Crippen molar-refractivity contribution in [1.29, 1.82) is 0 Å². The summed E-state index contributed by atoms with van der Waals surface area (Å²) in [6.45, 7) is 7.37. The lowest BCUT2D eigenvalue weighted by atomic mass is 10.1. The van der Waals surface area contributed by atoms with Crippen molar-refractivity contribution < 1.29 is 4.74 Å². The van der Waals surface area contributed by atoms with Gasteiger partial charge in [-0.05, 0) is 12.8 Å². The largest absolute Gasteiger partial charge is 0.381 e. The standard InChI is InChI=1S/C8H15O/c1-4-6-8(9-3)7-5-2/h1,4,8H,5-7H2,2-3H3. The first-order valence-electron chi connectivity index (χ1n) is 3.41. The molecule has 1 radical (unpaired) electrons. The summed E-state index contributed by atoms with van der Waals surface area (Å²) in [5, 5.41) is 0. The molecule has 1 unspecified atom stereocenters. The third kappa shape index (κ3) is 4.22. The molecule has 0 N–H and O–H groups in total. The monoisotopic (exact) mass is 127 g/mol. The maximum absolute atomic E-state index is 5.23. The van der Waals surface area contributed by atoms with E-state index in [1.54, 1.807) is 13.2 Å². The Bertz CT molecular complexity index is 69.0. The molecule has 9 heavy (non-hydrogen) atoms. The molecule has 0 heterocycles. The predicted octanol–water partition coefficient (Wildman–Crippen LogP) is 2.18. The van der Waals surface area contributed by atoms with Crippen molar-refractivity contribution in [2.45, 2.75) is 32.3 Å². The summed E-state index contributed by atoms with van der Waals surface area (Å²) in [5.41, 5.74) is 0. The van der Waals surface area contributed by atoms with Crippen molar-refractivity contribution in [2.24, 2.45) is 0 Å². The summed E-state index contributed by atoms with van der Waals surface area (Å²) in [7, 11) is 1.73. The Kier molecular flexibility index (Phi) is 5.64. The number of ether oxygens (including phenoxy) is 1. The molecule has 0 aromatic carbocycles. The van der Waals surface area contributed by atoms with E-state index in [2.05, 4.69) is 6.92 Å². The lowest BCUT2D eigenvalue weighted by Crippen LogP contribution is -2.07. The molecule has 53 valence electrons. The van der Waals surface area contributed by atoms with Crippen LogP contribution in [-0.2, 0) is 4.74 Å². The van der Waals surface area contributed by atoms with E-state index in [1.807, 2.05) is 0 Å². The van der Waals surface area contributed by atoms with Crippen LogP contribution >= 0.6 is 0 Å². The number of hydrogen-bond donors (Lipinski definition) is 0. The minimum Gasteiger partial charge on any atom is -0.381 e. The van der Waals surface area contributed by atoms with E-state index < -0.39 is 0 Å². The quantitative estimate of drug-likeness (QED) is 0.550. The van der Waals surface area contributed by atoms with Crippen LogP contribution in [0.4, 0.5) is 0 Å². The van der Waals surface area contributed by atoms with Gasteiger partial charge in [0.1, 0.15) is 0 Å². The second-order valence-corrected chi connectivity index (χ2v) is 2.12. The van der Waals surface area contributed by atoms with Crippen LogP contribution < -0.4 is 0 Å². The van der Waals surface area contributed by atoms with Gasteiger partial charge in [0.15, 0.2) is 0 Å². The molecule has 1 nitrogen and oxygen atoms in total. The normalized spacial score (nSPS) is 13.1. The van der Waals surface area contributed by atoms with Crippen LogP contribution in [0.25, 0.3) is 0 Å². The van der Waals surface area contributed by atoms with Crippen LogP contribution in [0.5, 0.6) is 0 Å². The van der Waals surface area contributed by atoms with Crippen LogP contribution in [0.1, 0.15) is 26.2 Å². The van der Waals surface area contributed by atoms with Crippen molar-refractivity contribution in [3.63, 3.8) is 0 Å². The molecule has 0 amide bonds. The zero-order chi connectivity index (χ0) is 7.11. The maximum atomic E-state index is 5.23. The van der Waals surface area contributed by atoms with E-state index in [1.165, 1.54) is 0 Å². The molecule has 0 saturated heterocycles.